The Hall–Kier alpha value is -0.0800. The molecule has 0 radical (unpaired) electrons. The summed E-state index contributed by atoms with van der Waals surface area (Å²) in [4.78, 5) is 2.89. The molecule has 3 atom stereocenters. The van der Waals surface area contributed by atoms with E-state index < -0.39 is 0 Å². The fourth-order valence-corrected chi connectivity index (χ4v) is 5.25. The van der Waals surface area contributed by atoms with Crippen LogP contribution < -0.4 is 5.73 Å². The van der Waals surface area contributed by atoms with Crippen LogP contribution in [0.1, 0.15) is 64.7 Å². The molecule has 3 aliphatic rings. The van der Waals surface area contributed by atoms with Crippen molar-refractivity contribution in [2.24, 2.45) is 17.6 Å². The fraction of sp³-hybridized carbons (Fsp3) is 1.00. The van der Waals surface area contributed by atoms with Crippen LogP contribution in [0.4, 0.5) is 0 Å². The SMILES string of the molecule is CC1CCCC1(CN)N1CCCC1C1CCCC1. The molecule has 2 heteroatoms. The van der Waals surface area contributed by atoms with Gasteiger partial charge in [-0.15, -0.1) is 0 Å². The van der Waals surface area contributed by atoms with E-state index in [-0.39, 0.29) is 0 Å². The molecule has 2 saturated carbocycles. The third kappa shape index (κ3) is 1.92. The van der Waals surface area contributed by atoms with Crippen molar-refractivity contribution in [2.45, 2.75) is 76.3 Å². The first kappa shape index (κ1) is 12.9. The van der Waals surface area contributed by atoms with E-state index in [0.717, 1.165) is 24.4 Å². The second-order valence-electron chi connectivity index (χ2n) is 7.05. The van der Waals surface area contributed by atoms with Gasteiger partial charge < -0.3 is 5.73 Å². The summed E-state index contributed by atoms with van der Waals surface area (Å²) in [5, 5.41) is 0. The van der Waals surface area contributed by atoms with Crippen molar-refractivity contribution in [2.75, 3.05) is 13.1 Å². The molecule has 1 aliphatic heterocycles. The average molecular weight is 250 g/mol. The fourth-order valence-electron chi connectivity index (χ4n) is 5.25. The molecule has 0 aromatic heterocycles. The molecule has 3 rings (SSSR count). The van der Waals surface area contributed by atoms with Crippen LogP contribution in [0.25, 0.3) is 0 Å². The average Bonchev–Trinajstić information content (AvgIpc) is 3.08. The minimum Gasteiger partial charge on any atom is -0.329 e. The number of rotatable bonds is 3. The summed E-state index contributed by atoms with van der Waals surface area (Å²) < 4.78 is 0. The second-order valence-corrected chi connectivity index (χ2v) is 7.05. The zero-order valence-corrected chi connectivity index (χ0v) is 12.0. The third-order valence-corrected chi connectivity index (χ3v) is 6.33. The molecular formula is C16H30N2. The van der Waals surface area contributed by atoms with Gasteiger partial charge in [-0.05, 0) is 56.9 Å². The molecule has 3 unspecified atom stereocenters. The molecule has 2 nitrogen and oxygen atoms in total. The van der Waals surface area contributed by atoms with Crippen molar-refractivity contribution in [3.05, 3.63) is 0 Å². The Morgan fingerprint density at radius 2 is 1.83 bits per heavy atom. The molecule has 2 aliphatic carbocycles. The Bertz CT molecular complexity index is 285. The monoisotopic (exact) mass is 250 g/mol. The van der Waals surface area contributed by atoms with E-state index in [4.69, 9.17) is 5.73 Å². The maximum Gasteiger partial charge on any atom is 0.0360 e. The zero-order valence-electron chi connectivity index (χ0n) is 12.0. The van der Waals surface area contributed by atoms with Gasteiger partial charge in [0.1, 0.15) is 0 Å². The highest BCUT2D eigenvalue weighted by Crippen LogP contribution is 2.46. The van der Waals surface area contributed by atoms with Crippen molar-refractivity contribution in [3.8, 4) is 0 Å². The summed E-state index contributed by atoms with van der Waals surface area (Å²) >= 11 is 0. The number of likely N-dealkylation sites (tertiary alicyclic amines) is 1. The lowest BCUT2D eigenvalue weighted by Gasteiger charge is -2.46. The van der Waals surface area contributed by atoms with Gasteiger partial charge in [0, 0.05) is 18.1 Å². The standard InChI is InChI=1S/C16H30N2/c1-13-6-4-10-16(13,12-17)18-11-5-9-15(18)14-7-2-3-8-14/h13-15H,2-12,17H2,1H3. The molecule has 0 bridgehead atoms. The van der Waals surface area contributed by atoms with Gasteiger partial charge in [-0.25, -0.2) is 0 Å². The van der Waals surface area contributed by atoms with Gasteiger partial charge in [-0.3, -0.25) is 4.90 Å². The lowest BCUT2D eigenvalue weighted by molar-refractivity contribution is 0.0296. The molecule has 2 N–H and O–H groups in total. The number of nitrogens with zero attached hydrogens (tertiary/aromatic N) is 1. The van der Waals surface area contributed by atoms with Gasteiger partial charge >= 0.3 is 0 Å². The van der Waals surface area contributed by atoms with E-state index >= 15 is 0 Å². The summed E-state index contributed by atoms with van der Waals surface area (Å²) in [6.07, 6.45) is 12.9. The zero-order chi connectivity index (χ0) is 12.6. The normalized spacial score (nSPS) is 43.0. The maximum absolute atomic E-state index is 6.26. The van der Waals surface area contributed by atoms with Crippen LogP contribution in [-0.4, -0.2) is 29.6 Å². The van der Waals surface area contributed by atoms with Crippen LogP contribution in [0, 0.1) is 11.8 Å². The number of hydrogen-bond acceptors (Lipinski definition) is 2. The van der Waals surface area contributed by atoms with E-state index in [1.165, 1.54) is 64.3 Å². The first-order chi connectivity index (χ1) is 8.78. The molecule has 1 heterocycles. The molecule has 0 spiro atoms. The maximum atomic E-state index is 6.26. The third-order valence-electron chi connectivity index (χ3n) is 6.33. The lowest BCUT2D eigenvalue weighted by Crippen LogP contribution is -2.58. The predicted molar refractivity (Wildman–Crippen MR) is 76.5 cm³/mol. The van der Waals surface area contributed by atoms with Gasteiger partial charge in [0.05, 0.1) is 0 Å². The Morgan fingerprint density at radius 1 is 1.06 bits per heavy atom. The number of hydrogen-bond donors (Lipinski definition) is 1. The van der Waals surface area contributed by atoms with E-state index in [1.807, 2.05) is 0 Å². The highest BCUT2D eigenvalue weighted by molar-refractivity contribution is 5.05. The smallest absolute Gasteiger partial charge is 0.0360 e. The van der Waals surface area contributed by atoms with Crippen LogP contribution in [0.15, 0.2) is 0 Å². The Balaban J connectivity index is 1.80. The minimum atomic E-state index is 0.365. The Kier molecular flexibility index (Phi) is 3.68. The minimum absolute atomic E-state index is 0.365. The number of nitrogens with two attached hydrogens (primary N) is 1. The summed E-state index contributed by atoms with van der Waals surface area (Å²) in [5.74, 6) is 1.80. The predicted octanol–water partition coefficient (Wildman–Crippen LogP) is 3.16. The molecular weight excluding hydrogens is 220 g/mol. The second kappa shape index (κ2) is 5.13. The van der Waals surface area contributed by atoms with E-state index in [1.54, 1.807) is 0 Å². The van der Waals surface area contributed by atoms with Gasteiger partial charge in [-0.1, -0.05) is 26.2 Å². The molecule has 104 valence electrons. The summed E-state index contributed by atoms with van der Waals surface area (Å²) in [6.45, 7) is 4.66. The topological polar surface area (TPSA) is 29.3 Å². The summed E-state index contributed by atoms with van der Waals surface area (Å²) in [5.41, 5.74) is 6.62. The van der Waals surface area contributed by atoms with Gasteiger partial charge in [-0.2, -0.15) is 0 Å². The van der Waals surface area contributed by atoms with Crippen LogP contribution in [0.5, 0.6) is 0 Å². The van der Waals surface area contributed by atoms with Crippen LogP contribution >= 0.6 is 0 Å². The van der Waals surface area contributed by atoms with E-state index in [2.05, 4.69) is 11.8 Å². The van der Waals surface area contributed by atoms with Crippen molar-refractivity contribution in [3.63, 3.8) is 0 Å². The highest BCUT2D eigenvalue weighted by atomic mass is 15.3. The molecule has 18 heavy (non-hydrogen) atoms. The molecule has 1 saturated heterocycles. The van der Waals surface area contributed by atoms with E-state index in [9.17, 15) is 0 Å². The first-order valence-electron chi connectivity index (χ1n) is 8.25. The van der Waals surface area contributed by atoms with Crippen LogP contribution in [-0.2, 0) is 0 Å². The largest absolute Gasteiger partial charge is 0.329 e. The van der Waals surface area contributed by atoms with Gasteiger partial charge in [0.25, 0.3) is 0 Å². The molecule has 0 aromatic carbocycles. The van der Waals surface area contributed by atoms with Crippen molar-refractivity contribution in [1.29, 1.82) is 0 Å². The summed E-state index contributed by atoms with van der Waals surface area (Å²) in [6, 6.07) is 0.872. The molecule has 0 aromatic rings. The van der Waals surface area contributed by atoms with E-state index in [0.29, 0.717) is 5.54 Å². The highest BCUT2D eigenvalue weighted by Gasteiger charge is 2.49. The molecule has 3 fully saturated rings. The quantitative estimate of drug-likeness (QED) is 0.833. The van der Waals surface area contributed by atoms with Crippen molar-refractivity contribution < 1.29 is 0 Å². The first-order valence-corrected chi connectivity index (χ1v) is 8.25. The van der Waals surface area contributed by atoms with Crippen LogP contribution in [0.2, 0.25) is 0 Å². The Morgan fingerprint density at radius 3 is 2.44 bits per heavy atom. The van der Waals surface area contributed by atoms with Crippen molar-refractivity contribution >= 4 is 0 Å². The van der Waals surface area contributed by atoms with Crippen molar-refractivity contribution in [1.82, 2.24) is 4.90 Å². The summed E-state index contributed by atoms with van der Waals surface area (Å²) in [7, 11) is 0. The van der Waals surface area contributed by atoms with Crippen LogP contribution in [0.3, 0.4) is 0 Å². The molecule has 0 amide bonds. The van der Waals surface area contributed by atoms with Gasteiger partial charge in [0.15, 0.2) is 0 Å². The van der Waals surface area contributed by atoms with Gasteiger partial charge in [0.2, 0.25) is 0 Å². The lowest BCUT2D eigenvalue weighted by atomic mass is 9.83. The Labute approximate surface area is 112 Å².